The first-order chi connectivity index (χ1) is 30.6. The third-order valence-corrected chi connectivity index (χ3v) is 23.9. The summed E-state index contributed by atoms with van der Waals surface area (Å²) in [4.78, 5) is 56.0. The molecule has 0 amide bonds. The van der Waals surface area contributed by atoms with Gasteiger partial charge in [0.1, 0.15) is 5.78 Å². The highest BCUT2D eigenvalue weighted by molar-refractivity contribution is 6.10. The molecule has 1 heterocycles. The average molecular weight is 901 g/mol. The van der Waals surface area contributed by atoms with E-state index in [1.807, 2.05) is 26.0 Å². The number of Topliss-reactive ketones (excluding diaryl/α,β-unsaturated/α-hetero) is 1. The summed E-state index contributed by atoms with van der Waals surface area (Å²) >= 11 is 0. The molecule has 6 saturated carbocycles. The maximum Gasteiger partial charge on any atom is 0.317 e. The molecule has 0 aromatic heterocycles. The van der Waals surface area contributed by atoms with Crippen LogP contribution >= 0.6 is 0 Å². The fourth-order valence-corrected chi connectivity index (χ4v) is 19.0. The van der Waals surface area contributed by atoms with Crippen molar-refractivity contribution in [1.29, 1.82) is 0 Å². The fourth-order valence-electron chi connectivity index (χ4n) is 19.0. The van der Waals surface area contributed by atoms with Crippen LogP contribution in [0.4, 0.5) is 0 Å². The lowest BCUT2D eigenvalue weighted by molar-refractivity contribution is -0.236. The molecule has 8 nitrogen and oxygen atoms in total. The number of fused-ring (bicyclic) bond motifs is 17. The van der Waals surface area contributed by atoms with Crippen molar-refractivity contribution < 1.29 is 38.5 Å². The minimum Gasteiger partial charge on any atom is -0.471 e. The van der Waals surface area contributed by atoms with Crippen molar-refractivity contribution in [2.45, 2.75) is 190 Å². The zero-order chi connectivity index (χ0) is 47.6. The van der Waals surface area contributed by atoms with Gasteiger partial charge in [-0.25, -0.2) is 0 Å². The first kappa shape index (κ1) is 45.0. The lowest BCUT2D eigenvalue weighted by Gasteiger charge is -2.72. The second-order valence-corrected chi connectivity index (χ2v) is 26.7. The highest BCUT2D eigenvalue weighted by atomic mass is 16.7. The van der Waals surface area contributed by atoms with Crippen molar-refractivity contribution in [3.63, 3.8) is 0 Å². The molecule has 1 aromatic carbocycles. The number of ether oxygens (including phenoxy) is 3. The molecule has 1 unspecified atom stereocenters. The van der Waals surface area contributed by atoms with E-state index in [1.165, 1.54) is 12.7 Å². The Bertz CT molecular complexity index is 2570. The predicted molar refractivity (Wildman–Crippen MR) is 253 cm³/mol. The van der Waals surface area contributed by atoms with E-state index in [-0.39, 0.29) is 67.2 Å². The van der Waals surface area contributed by atoms with Gasteiger partial charge in [-0.2, -0.15) is 0 Å². The highest BCUT2D eigenvalue weighted by Crippen LogP contribution is 2.78. The standard InChI is InChI=1S/C58H76O8/c1-32-26-41-49(4,30-38(32)60)19-23-55(10)42-29-37(59)45-33(2)46-39(27-36(45)52(42,7)21-24-54(41,55)9)65-57(12)34-14-15-40-51(6,35(34)28-44(61)58(57,63)66-46)20-25-56(11)43-31-50(5,47(62)64-13)17-16-48(43,3)18-22-53(40,56)8/h14,27-29,32,40-41,43,63H,15-26,30-31H2,1-13H3/t32-,40?,41-,43-,48-,49+,50-,51+,52+,53-,54+,55-,56+,57-,58+/m1/s1. The molecule has 8 heteroatoms. The number of carbonyl (C=O) groups excluding carboxylic acids is 4. The highest BCUT2D eigenvalue weighted by Gasteiger charge is 2.73. The maximum atomic E-state index is 14.8. The van der Waals surface area contributed by atoms with Crippen molar-refractivity contribution >= 4 is 23.3 Å². The summed E-state index contributed by atoms with van der Waals surface area (Å²) in [6, 6.07) is 2.03. The van der Waals surface area contributed by atoms with E-state index in [4.69, 9.17) is 14.2 Å². The number of ketones is 3. The molecule has 6 fully saturated rings. The molecular weight excluding hydrogens is 825 g/mol. The quantitative estimate of drug-likeness (QED) is 0.277. The smallest absolute Gasteiger partial charge is 0.317 e. The van der Waals surface area contributed by atoms with Gasteiger partial charge in [-0.3, -0.25) is 19.2 Å². The molecule has 0 spiro atoms. The van der Waals surface area contributed by atoms with Crippen LogP contribution in [-0.4, -0.2) is 46.9 Å². The Balaban J connectivity index is 0.966. The van der Waals surface area contributed by atoms with Gasteiger partial charge < -0.3 is 19.3 Å². The summed E-state index contributed by atoms with van der Waals surface area (Å²) in [6.07, 6.45) is 18.6. The van der Waals surface area contributed by atoms with E-state index in [9.17, 15) is 24.3 Å². The van der Waals surface area contributed by atoms with E-state index in [0.717, 1.165) is 100 Å². The largest absolute Gasteiger partial charge is 0.471 e. The molecule has 15 atom stereocenters. The lowest BCUT2D eigenvalue weighted by Crippen LogP contribution is -2.71. The molecule has 0 bridgehead atoms. The normalized spacial score (nSPS) is 50.8. The van der Waals surface area contributed by atoms with Crippen LogP contribution in [0.2, 0.25) is 0 Å². The Morgan fingerprint density at radius 1 is 0.742 bits per heavy atom. The lowest BCUT2D eigenvalue weighted by atomic mass is 9.32. The molecule has 1 N–H and O–H groups in total. The van der Waals surface area contributed by atoms with Crippen LogP contribution in [0.15, 0.2) is 41.0 Å². The third-order valence-electron chi connectivity index (χ3n) is 23.9. The molecule has 1 aliphatic heterocycles. The Morgan fingerprint density at radius 3 is 2.11 bits per heavy atom. The van der Waals surface area contributed by atoms with Gasteiger partial charge in [-0.05, 0) is 195 Å². The van der Waals surface area contributed by atoms with Gasteiger partial charge in [-0.15, -0.1) is 0 Å². The Hall–Kier alpha value is -3.52. The number of hydrogen-bond donors (Lipinski definition) is 1. The summed E-state index contributed by atoms with van der Waals surface area (Å²) in [7, 11) is 1.52. The second kappa shape index (κ2) is 13.0. The fraction of sp³-hybridized carbons (Fsp3) is 0.724. The van der Waals surface area contributed by atoms with Crippen LogP contribution in [0, 0.1) is 73.9 Å². The first-order valence-corrected chi connectivity index (χ1v) is 25.7. The molecule has 10 aliphatic rings. The first-order valence-electron chi connectivity index (χ1n) is 25.7. The summed E-state index contributed by atoms with van der Waals surface area (Å²) < 4.78 is 19.3. The molecule has 0 saturated heterocycles. The van der Waals surface area contributed by atoms with Crippen LogP contribution in [-0.2, 0) is 24.5 Å². The summed E-state index contributed by atoms with van der Waals surface area (Å²) in [6.45, 7) is 27.3. The van der Waals surface area contributed by atoms with Crippen LogP contribution in [0.3, 0.4) is 0 Å². The number of benzene rings is 1. The van der Waals surface area contributed by atoms with E-state index in [1.54, 1.807) is 6.08 Å². The van der Waals surface area contributed by atoms with Gasteiger partial charge in [0.2, 0.25) is 11.4 Å². The topological polar surface area (TPSA) is 116 Å². The minimum absolute atomic E-state index is 0.0330. The number of carbonyl (C=O) groups is 4. The minimum atomic E-state index is -2.34. The molecule has 356 valence electrons. The number of hydrogen-bond acceptors (Lipinski definition) is 8. The van der Waals surface area contributed by atoms with E-state index < -0.39 is 28.0 Å². The van der Waals surface area contributed by atoms with Gasteiger partial charge in [0.25, 0.3) is 0 Å². The van der Waals surface area contributed by atoms with Crippen LogP contribution in [0.25, 0.3) is 0 Å². The van der Waals surface area contributed by atoms with E-state index >= 15 is 0 Å². The van der Waals surface area contributed by atoms with Crippen molar-refractivity contribution in [1.82, 2.24) is 0 Å². The van der Waals surface area contributed by atoms with Crippen LogP contribution in [0.5, 0.6) is 11.5 Å². The zero-order valence-electron chi connectivity index (χ0n) is 42.3. The maximum absolute atomic E-state index is 14.8. The second-order valence-electron chi connectivity index (χ2n) is 26.7. The molecule has 1 aromatic rings. The number of aliphatic hydroxyl groups is 1. The number of allylic oxidation sites excluding steroid dienone is 3. The van der Waals surface area contributed by atoms with Crippen LogP contribution in [0.1, 0.15) is 188 Å². The van der Waals surface area contributed by atoms with Crippen molar-refractivity contribution in [2.24, 2.45) is 67.0 Å². The Kier molecular flexibility index (Phi) is 8.86. The molecule has 9 aliphatic carbocycles. The van der Waals surface area contributed by atoms with Gasteiger partial charge in [-0.1, -0.05) is 68.4 Å². The van der Waals surface area contributed by atoms with Crippen LogP contribution < -0.4 is 9.47 Å². The number of rotatable bonds is 1. The number of esters is 1. The molecule has 11 rings (SSSR count). The van der Waals surface area contributed by atoms with Crippen molar-refractivity contribution in [2.75, 3.05) is 7.11 Å². The summed E-state index contributed by atoms with van der Waals surface area (Å²) in [5.74, 6) is -0.906. The third kappa shape index (κ3) is 4.97. The monoisotopic (exact) mass is 901 g/mol. The Morgan fingerprint density at radius 2 is 1.39 bits per heavy atom. The zero-order valence-corrected chi connectivity index (χ0v) is 42.3. The van der Waals surface area contributed by atoms with Gasteiger partial charge in [0.15, 0.2) is 17.3 Å². The summed E-state index contributed by atoms with van der Waals surface area (Å²) in [5.41, 5.74) is 1.88. The van der Waals surface area contributed by atoms with Crippen molar-refractivity contribution in [3.05, 3.63) is 57.7 Å². The predicted octanol–water partition coefficient (Wildman–Crippen LogP) is 11.9. The SMILES string of the molecule is COC(=O)[C@]1(C)CC[C@]2(C)CC[C@]3(C)C4CC=C5C(=CC(=O)[C@]6(O)Oc7c(cc8c(c7C)C(=O)C=C7[C@@]8(C)CC[C@@]8(C)[C@@H]9C[C@@H](C)C(=O)C[C@]9(C)CC[C@]78C)O[C@]56C)[C@]4(C)CC[C@@]3(C)[C@@H]2C1. The molecule has 66 heavy (non-hydrogen) atoms. The molecular formula is C58H76O8. The Labute approximate surface area is 393 Å². The molecule has 0 radical (unpaired) electrons. The van der Waals surface area contributed by atoms with E-state index in [2.05, 4.69) is 75.3 Å². The van der Waals surface area contributed by atoms with Gasteiger partial charge >= 0.3 is 11.8 Å². The van der Waals surface area contributed by atoms with Gasteiger partial charge in [0.05, 0.1) is 12.5 Å². The number of methoxy groups -OCH3 is 1. The van der Waals surface area contributed by atoms with Crippen molar-refractivity contribution in [3.8, 4) is 11.5 Å². The van der Waals surface area contributed by atoms with E-state index in [0.29, 0.717) is 40.9 Å². The summed E-state index contributed by atoms with van der Waals surface area (Å²) in [5, 5.41) is 12.8. The van der Waals surface area contributed by atoms with Gasteiger partial charge in [0, 0.05) is 34.5 Å². The average Bonchev–Trinajstić information content (AvgIpc) is 3.25.